The zero-order valence-corrected chi connectivity index (χ0v) is 20.1. The molecule has 2 amide bonds. The van der Waals surface area contributed by atoms with Crippen LogP contribution >= 0.6 is 0 Å². The third-order valence-electron chi connectivity index (χ3n) is 6.19. The zero-order chi connectivity index (χ0) is 24.1. The molecule has 0 aliphatic carbocycles. The molecular formula is C27H32N4O3. The number of likely N-dealkylation sites (N-methyl/N-ethyl adjacent to an activating group) is 1. The van der Waals surface area contributed by atoms with E-state index in [0.717, 1.165) is 35.2 Å². The van der Waals surface area contributed by atoms with Crippen LogP contribution in [0.3, 0.4) is 0 Å². The number of anilines is 1. The Labute approximate surface area is 200 Å². The van der Waals surface area contributed by atoms with E-state index < -0.39 is 0 Å². The topological polar surface area (TPSA) is 73.9 Å². The summed E-state index contributed by atoms with van der Waals surface area (Å²) in [6, 6.07) is 17.9. The summed E-state index contributed by atoms with van der Waals surface area (Å²) in [5.74, 6) is 0.699. The summed E-state index contributed by atoms with van der Waals surface area (Å²) < 4.78 is 5.50. The molecule has 0 spiro atoms. The predicted octanol–water partition coefficient (Wildman–Crippen LogP) is 3.48. The Bertz CT molecular complexity index is 1190. The lowest BCUT2D eigenvalue weighted by Gasteiger charge is -2.32. The number of carbonyl (C=O) groups excluding carboxylic acids is 2. The van der Waals surface area contributed by atoms with Gasteiger partial charge in [0.1, 0.15) is 5.75 Å². The molecule has 1 heterocycles. The monoisotopic (exact) mass is 460 g/mol. The Morgan fingerprint density at radius 3 is 2.38 bits per heavy atom. The maximum atomic E-state index is 13.2. The molecule has 0 atom stereocenters. The van der Waals surface area contributed by atoms with Gasteiger partial charge >= 0.3 is 0 Å². The van der Waals surface area contributed by atoms with Gasteiger partial charge in [0, 0.05) is 62.8 Å². The second-order valence-corrected chi connectivity index (χ2v) is 8.77. The third kappa shape index (κ3) is 5.55. The van der Waals surface area contributed by atoms with Gasteiger partial charge in [-0.3, -0.25) is 9.59 Å². The van der Waals surface area contributed by atoms with Crippen LogP contribution in [-0.4, -0.2) is 62.0 Å². The van der Waals surface area contributed by atoms with Crippen LogP contribution in [0.5, 0.6) is 5.75 Å². The molecule has 7 heteroatoms. The first-order valence-electron chi connectivity index (χ1n) is 11.6. The Kier molecular flexibility index (Phi) is 7.45. The zero-order valence-electron chi connectivity index (χ0n) is 20.1. The van der Waals surface area contributed by atoms with Crippen molar-refractivity contribution in [1.82, 2.24) is 15.1 Å². The Morgan fingerprint density at radius 1 is 0.941 bits per heavy atom. The van der Waals surface area contributed by atoms with Crippen LogP contribution in [0, 0.1) is 0 Å². The number of nitrogens with one attached hydrogen (secondary N) is 2. The van der Waals surface area contributed by atoms with E-state index in [-0.39, 0.29) is 11.8 Å². The highest BCUT2D eigenvalue weighted by Gasteiger charge is 2.21. The van der Waals surface area contributed by atoms with Crippen LogP contribution in [0.25, 0.3) is 10.8 Å². The van der Waals surface area contributed by atoms with Crippen molar-refractivity contribution in [2.45, 2.75) is 20.0 Å². The lowest BCUT2D eigenvalue weighted by Crippen LogP contribution is -2.47. The van der Waals surface area contributed by atoms with Crippen LogP contribution in [0.2, 0.25) is 0 Å². The highest BCUT2D eigenvalue weighted by molar-refractivity contribution is 5.97. The molecule has 1 aliphatic heterocycles. The summed E-state index contributed by atoms with van der Waals surface area (Å²) in [5, 5.41) is 8.56. The van der Waals surface area contributed by atoms with Crippen LogP contribution < -0.4 is 15.4 Å². The maximum Gasteiger partial charge on any atom is 0.254 e. The first-order chi connectivity index (χ1) is 16.4. The fourth-order valence-corrected chi connectivity index (χ4v) is 4.39. The number of amides is 2. The van der Waals surface area contributed by atoms with Crippen molar-refractivity contribution in [2.75, 3.05) is 45.7 Å². The quantitative estimate of drug-likeness (QED) is 0.565. The number of ether oxygens (including phenoxy) is 1. The molecule has 178 valence electrons. The maximum absolute atomic E-state index is 13.2. The summed E-state index contributed by atoms with van der Waals surface area (Å²) in [4.78, 5) is 28.9. The van der Waals surface area contributed by atoms with Crippen molar-refractivity contribution in [1.29, 1.82) is 0 Å². The molecule has 34 heavy (non-hydrogen) atoms. The minimum atomic E-state index is -0.159. The fraction of sp³-hybridized carbons (Fsp3) is 0.333. The molecular weight excluding hydrogens is 428 g/mol. The Hall–Kier alpha value is -3.42. The molecule has 1 aliphatic rings. The van der Waals surface area contributed by atoms with Gasteiger partial charge in [0.05, 0.1) is 7.11 Å². The molecule has 0 bridgehead atoms. The van der Waals surface area contributed by atoms with Gasteiger partial charge in [-0.1, -0.05) is 30.3 Å². The number of nitrogens with zero attached hydrogens (tertiary/aromatic N) is 2. The lowest BCUT2D eigenvalue weighted by atomic mass is 10.0. The third-order valence-corrected chi connectivity index (χ3v) is 6.19. The van der Waals surface area contributed by atoms with Gasteiger partial charge in [0.25, 0.3) is 5.91 Å². The van der Waals surface area contributed by atoms with E-state index in [2.05, 4.69) is 40.8 Å². The molecule has 2 N–H and O–H groups in total. The number of hydrogen-bond acceptors (Lipinski definition) is 5. The van der Waals surface area contributed by atoms with Crippen LogP contribution in [0.1, 0.15) is 28.4 Å². The molecule has 7 nitrogen and oxygen atoms in total. The lowest BCUT2D eigenvalue weighted by molar-refractivity contribution is -0.114. The number of piperazine rings is 1. The summed E-state index contributed by atoms with van der Waals surface area (Å²) >= 11 is 0. The van der Waals surface area contributed by atoms with Gasteiger partial charge < -0.3 is 25.2 Å². The van der Waals surface area contributed by atoms with E-state index >= 15 is 0 Å². The van der Waals surface area contributed by atoms with Gasteiger partial charge in [-0.15, -0.1) is 0 Å². The molecule has 1 fully saturated rings. The Morgan fingerprint density at radius 2 is 1.68 bits per heavy atom. The van der Waals surface area contributed by atoms with Crippen molar-refractivity contribution in [3.05, 3.63) is 71.3 Å². The smallest absolute Gasteiger partial charge is 0.254 e. The minimum absolute atomic E-state index is 0.00250. The molecule has 3 aromatic rings. The van der Waals surface area contributed by atoms with Crippen molar-refractivity contribution >= 4 is 28.3 Å². The molecule has 0 aromatic heterocycles. The normalized spacial score (nSPS) is 14.3. The van der Waals surface area contributed by atoms with Crippen molar-refractivity contribution < 1.29 is 14.3 Å². The highest BCUT2D eigenvalue weighted by atomic mass is 16.5. The van der Waals surface area contributed by atoms with E-state index in [4.69, 9.17) is 4.74 Å². The number of carbonyl (C=O) groups is 2. The molecule has 1 saturated heterocycles. The average molecular weight is 461 g/mol. The number of rotatable bonds is 7. The van der Waals surface area contributed by atoms with E-state index in [0.29, 0.717) is 37.4 Å². The standard InChI is InChI=1S/C27H32N4O3/c1-19(32)29-23-15-20(14-22(16-23)27(33)31-12-10-30(2)11-13-31)17-28-18-21-8-9-26(34-3)25-7-5-4-6-24(21)25/h4-9,14-16,28H,10-13,17-18H2,1-3H3,(H,29,32). The van der Waals surface area contributed by atoms with E-state index in [1.165, 1.54) is 12.5 Å². The summed E-state index contributed by atoms with van der Waals surface area (Å²) in [5.41, 5.74) is 3.35. The van der Waals surface area contributed by atoms with E-state index in [1.54, 1.807) is 13.2 Å². The van der Waals surface area contributed by atoms with Gasteiger partial charge in [-0.05, 0) is 47.8 Å². The second kappa shape index (κ2) is 10.7. The Balaban J connectivity index is 1.51. The van der Waals surface area contributed by atoms with Gasteiger partial charge in [-0.2, -0.15) is 0 Å². The minimum Gasteiger partial charge on any atom is -0.496 e. The van der Waals surface area contributed by atoms with Gasteiger partial charge in [0.15, 0.2) is 0 Å². The summed E-state index contributed by atoms with van der Waals surface area (Å²) in [7, 11) is 3.75. The molecule has 0 unspecified atom stereocenters. The average Bonchev–Trinajstić information content (AvgIpc) is 2.83. The van der Waals surface area contributed by atoms with Crippen molar-refractivity contribution in [3.63, 3.8) is 0 Å². The molecule has 0 radical (unpaired) electrons. The first kappa shape index (κ1) is 23.7. The van der Waals surface area contributed by atoms with Crippen molar-refractivity contribution in [2.24, 2.45) is 0 Å². The van der Waals surface area contributed by atoms with E-state index in [9.17, 15) is 9.59 Å². The van der Waals surface area contributed by atoms with Crippen LogP contribution in [0.15, 0.2) is 54.6 Å². The second-order valence-electron chi connectivity index (χ2n) is 8.77. The molecule has 4 rings (SSSR count). The summed E-state index contributed by atoms with van der Waals surface area (Å²) in [6.45, 7) is 5.84. The molecule has 0 saturated carbocycles. The largest absolute Gasteiger partial charge is 0.496 e. The predicted molar refractivity (Wildman–Crippen MR) is 135 cm³/mol. The molecule has 3 aromatic carbocycles. The van der Waals surface area contributed by atoms with Crippen LogP contribution in [-0.2, 0) is 17.9 Å². The van der Waals surface area contributed by atoms with E-state index in [1.807, 2.05) is 35.2 Å². The first-order valence-corrected chi connectivity index (χ1v) is 11.6. The van der Waals surface area contributed by atoms with Crippen LogP contribution in [0.4, 0.5) is 5.69 Å². The van der Waals surface area contributed by atoms with Crippen molar-refractivity contribution in [3.8, 4) is 5.75 Å². The number of hydrogen-bond donors (Lipinski definition) is 2. The van der Waals surface area contributed by atoms with Gasteiger partial charge in [0.2, 0.25) is 5.91 Å². The summed E-state index contributed by atoms with van der Waals surface area (Å²) in [6.07, 6.45) is 0. The van der Waals surface area contributed by atoms with Gasteiger partial charge in [-0.25, -0.2) is 0 Å². The highest BCUT2D eigenvalue weighted by Crippen LogP contribution is 2.28. The SMILES string of the molecule is COc1ccc(CNCc2cc(NC(C)=O)cc(C(=O)N3CCN(C)CC3)c2)c2ccccc12. The number of methoxy groups -OCH3 is 1. The fourth-order valence-electron chi connectivity index (χ4n) is 4.39. The number of benzene rings is 3. The number of fused-ring (bicyclic) bond motifs is 1.